The fraction of sp³-hybridized carbons (Fsp3) is 0.435. The van der Waals surface area contributed by atoms with Gasteiger partial charge in [0.25, 0.3) is 0 Å². The van der Waals surface area contributed by atoms with Gasteiger partial charge in [0.2, 0.25) is 5.91 Å². The van der Waals surface area contributed by atoms with Gasteiger partial charge in [-0.2, -0.15) is 0 Å². The number of anilines is 2. The van der Waals surface area contributed by atoms with Gasteiger partial charge in [0.15, 0.2) is 0 Å². The molecule has 1 saturated heterocycles. The molecular weight excluding hydrogens is 353 g/mol. The van der Waals surface area contributed by atoms with Crippen LogP contribution in [0.3, 0.4) is 0 Å². The normalized spacial score (nSPS) is 17.6. The topological polar surface area (TPSA) is 35.6 Å². The zero-order chi connectivity index (χ0) is 19.5. The summed E-state index contributed by atoms with van der Waals surface area (Å²) in [4.78, 5) is 16.4. The predicted octanol–water partition coefficient (Wildman–Crippen LogP) is 3.85. The van der Waals surface area contributed by atoms with Crippen LogP contribution in [0, 0.1) is 5.82 Å². The van der Waals surface area contributed by atoms with Crippen LogP contribution < -0.4 is 10.2 Å². The monoisotopic (exact) mass is 381 g/mol. The third kappa shape index (κ3) is 4.36. The van der Waals surface area contributed by atoms with E-state index in [0.29, 0.717) is 6.04 Å². The first-order chi connectivity index (χ1) is 13.6. The van der Waals surface area contributed by atoms with Crippen LogP contribution in [0.25, 0.3) is 0 Å². The summed E-state index contributed by atoms with van der Waals surface area (Å²) in [6.07, 6.45) is 4.37. The van der Waals surface area contributed by atoms with Gasteiger partial charge in [0.05, 0.1) is 0 Å². The van der Waals surface area contributed by atoms with Crippen LogP contribution in [0.4, 0.5) is 15.8 Å². The number of hydrogen-bond donors (Lipinski definition) is 1. The molecule has 2 aliphatic heterocycles. The summed E-state index contributed by atoms with van der Waals surface area (Å²) in [5.74, 6) is -0.198. The van der Waals surface area contributed by atoms with E-state index in [2.05, 4.69) is 27.2 Å². The van der Waals surface area contributed by atoms with Crippen LogP contribution in [-0.4, -0.2) is 43.0 Å². The molecule has 0 spiro atoms. The molecule has 4 nitrogen and oxygen atoms in total. The number of hydrogen-bond acceptors (Lipinski definition) is 3. The van der Waals surface area contributed by atoms with Crippen LogP contribution in [0.15, 0.2) is 42.5 Å². The molecule has 2 heterocycles. The van der Waals surface area contributed by atoms with E-state index in [0.717, 1.165) is 57.5 Å². The lowest BCUT2D eigenvalue weighted by molar-refractivity contribution is -0.114. The average Bonchev–Trinajstić information content (AvgIpc) is 3.11. The number of rotatable bonds is 5. The second-order valence-corrected chi connectivity index (χ2v) is 7.92. The van der Waals surface area contributed by atoms with Crippen molar-refractivity contribution in [3.05, 3.63) is 59.4 Å². The predicted molar refractivity (Wildman–Crippen MR) is 111 cm³/mol. The van der Waals surface area contributed by atoms with Crippen molar-refractivity contribution in [3.8, 4) is 0 Å². The summed E-state index contributed by atoms with van der Waals surface area (Å²) in [6.45, 7) is 5.85. The largest absolute Gasteiger partial charge is 0.368 e. The van der Waals surface area contributed by atoms with Crippen molar-refractivity contribution in [1.29, 1.82) is 0 Å². The van der Waals surface area contributed by atoms with Gasteiger partial charge in [-0.3, -0.25) is 4.79 Å². The minimum absolute atomic E-state index is 0.0287. The summed E-state index contributed by atoms with van der Waals surface area (Å²) in [6, 6.07) is 13.7. The highest BCUT2D eigenvalue weighted by Gasteiger charge is 2.29. The van der Waals surface area contributed by atoms with Gasteiger partial charge in [0, 0.05) is 50.5 Å². The molecule has 0 saturated carbocycles. The van der Waals surface area contributed by atoms with Crippen molar-refractivity contribution in [2.24, 2.45) is 0 Å². The van der Waals surface area contributed by atoms with Gasteiger partial charge in [-0.15, -0.1) is 0 Å². The van der Waals surface area contributed by atoms with Crippen LogP contribution in [-0.2, 0) is 17.6 Å². The summed E-state index contributed by atoms with van der Waals surface area (Å²) < 4.78 is 13.0. The van der Waals surface area contributed by atoms with Crippen molar-refractivity contribution >= 4 is 17.3 Å². The van der Waals surface area contributed by atoms with Gasteiger partial charge in [-0.05, 0) is 61.1 Å². The van der Waals surface area contributed by atoms with Crippen molar-refractivity contribution in [3.63, 3.8) is 0 Å². The van der Waals surface area contributed by atoms with Crippen molar-refractivity contribution in [1.82, 2.24) is 4.90 Å². The second-order valence-electron chi connectivity index (χ2n) is 7.92. The number of amides is 1. The molecule has 2 aliphatic rings. The van der Waals surface area contributed by atoms with Crippen LogP contribution in [0.1, 0.15) is 30.9 Å². The average molecular weight is 381 g/mol. The van der Waals surface area contributed by atoms with Crippen molar-refractivity contribution in [2.45, 2.75) is 38.6 Å². The summed E-state index contributed by atoms with van der Waals surface area (Å²) in [7, 11) is 0. The molecular formula is C23H28FN3O. The first-order valence-electron chi connectivity index (χ1n) is 10.2. The van der Waals surface area contributed by atoms with Gasteiger partial charge < -0.3 is 15.1 Å². The SMILES string of the molecule is CC(=O)Nc1ccc2c(c1)N(C1CCN(CCc3ccc(F)cc3)CC1)CC2. The van der Waals surface area contributed by atoms with E-state index in [-0.39, 0.29) is 11.7 Å². The molecule has 148 valence electrons. The first kappa shape index (κ1) is 18.9. The Labute approximate surface area is 166 Å². The van der Waals surface area contributed by atoms with E-state index in [4.69, 9.17) is 0 Å². The van der Waals surface area contributed by atoms with E-state index in [1.165, 1.54) is 16.8 Å². The molecule has 28 heavy (non-hydrogen) atoms. The van der Waals surface area contributed by atoms with Gasteiger partial charge >= 0.3 is 0 Å². The Hall–Kier alpha value is -2.40. The molecule has 0 bridgehead atoms. The zero-order valence-corrected chi connectivity index (χ0v) is 16.5. The lowest BCUT2D eigenvalue weighted by atomic mass is 10.0. The van der Waals surface area contributed by atoms with Crippen molar-refractivity contribution in [2.75, 3.05) is 36.4 Å². The standard InChI is InChI=1S/C23H28FN3O/c1-17(28)25-21-7-4-19-9-15-27(23(19)16-21)22-10-13-26(14-11-22)12-8-18-2-5-20(24)6-3-18/h2-7,16,22H,8-15H2,1H3,(H,25,28). The van der Waals surface area contributed by atoms with Gasteiger partial charge in [0.1, 0.15) is 5.82 Å². The summed E-state index contributed by atoms with van der Waals surface area (Å²) in [5.41, 5.74) is 4.75. The molecule has 0 radical (unpaired) electrons. The molecule has 0 unspecified atom stereocenters. The van der Waals surface area contributed by atoms with Gasteiger partial charge in [-0.1, -0.05) is 18.2 Å². The lowest BCUT2D eigenvalue weighted by Crippen LogP contribution is -2.45. The molecule has 0 aromatic heterocycles. The highest BCUT2D eigenvalue weighted by Crippen LogP contribution is 2.34. The smallest absolute Gasteiger partial charge is 0.221 e. The lowest BCUT2D eigenvalue weighted by Gasteiger charge is -2.38. The molecule has 2 aromatic carbocycles. The van der Waals surface area contributed by atoms with Crippen LogP contribution in [0.2, 0.25) is 0 Å². The Morgan fingerprint density at radius 2 is 1.86 bits per heavy atom. The highest BCUT2D eigenvalue weighted by molar-refractivity contribution is 5.89. The van der Waals surface area contributed by atoms with E-state index in [9.17, 15) is 9.18 Å². The zero-order valence-electron chi connectivity index (χ0n) is 16.5. The number of carbonyl (C=O) groups excluding carboxylic acids is 1. The highest BCUT2D eigenvalue weighted by atomic mass is 19.1. The first-order valence-corrected chi connectivity index (χ1v) is 10.2. The van der Waals surface area contributed by atoms with Crippen molar-refractivity contribution < 1.29 is 9.18 Å². The van der Waals surface area contributed by atoms with Crippen LogP contribution in [0.5, 0.6) is 0 Å². The fourth-order valence-electron chi connectivity index (χ4n) is 4.46. The van der Waals surface area contributed by atoms with E-state index >= 15 is 0 Å². The van der Waals surface area contributed by atoms with E-state index in [1.807, 2.05) is 18.2 Å². The number of likely N-dealkylation sites (tertiary alicyclic amines) is 1. The number of nitrogens with zero attached hydrogens (tertiary/aromatic N) is 2. The Balaban J connectivity index is 1.32. The molecule has 1 N–H and O–H groups in total. The third-order valence-electron chi connectivity index (χ3n) is 5.96. The summed E-state index contributed by atoms with van der Waals surface area (Å²) >= 11 is 0. The van der Waals surface area contributed by atoms with E-state index < -0.39 is 0 Å². The molecule has 0 aliphatic carbocycles. The maximum atomic E-state index is 13.0. The number of halogens is 1. The number of nitrogens with one attached hydrogen (secondary N) is 1. The van der Waals surface area contributed by atoms with Crippen LogP contribution >= 0.6 is 0 Å². The van der Waals surface area contributed by atoms with Gasteiger partial charge in [-0.25, -0.2) is 4.39 Å². The number of carbonyl (C=O) groups is 1. The Morgan fingerprint density at radius 3 is 2.57 bits per heavy atom. The molecule has 0 atom stereocenters. The quantitative estimate of drug-likeness (QED) is 0.854. The van der Waals surface area contributed by atoms with E-state index in [1.54, 1.807) is 19.1 Å². The third-order valence-corrected chi connectivity index (χ3v) is 5.96. The number of piperidine rings is 1. The minimum atomic E-state index is -0.169. The Kier molecular flexibility index (Phi) is 5.62. The Morgan fingerprint density at radius 1 is 1.11 bits per heavy atom. The molecule has 1 amide bonds. The summed E-state index contributed by atoms with van der Waals surface area (Å²) in [5, 5.41) is 2.90. The molecule has 2 aromatic rings. The number of benzene rings is 2. The Bertz CT molecular complexity index is 828. The number of fused-ring (bicyclic) bond motifs is 1. The fourth-order valence-corrected chi connectivity index (χ4v) is 4.46. The minimum Gasteiger partial charge on any atom is -0.368 e. The molecule has 5 heteroatoms. The molecule has 1 fully saturated rings. The maximum absolute atomic E-state index is 13.0. The molecule has 4 rings (SSSR count). The second kappa shape index (κ2) is 8.31. The maximum Gasteiger partial charge on any atom is 0.221 e.